The maximum atomic E-state index is 12.3. The van der Waals surface area contributed by atoms with Crippen LogP contribution in [0.15, 0.2) is 76.5 Å². The maximum absolute atomic E-state index is 12.3. The summed E-state index contributed by atoms with van der Waals surface area (Å²) < 4.78 is 12.5. The molecule has 4 rings (SSSR count). The largest absolute Gasteiger partial charge is 0.497 e. The van der Waals surface area contributed by atoms with Crippen molar-refractivity contribution in [3.05, 3.63) is 78.3 Å². The molecule has 31 heavy (non-hydrogen) atoms. The molecule has 2 aromatic heterocycles. The fourth-order valence-electron chi connectivity index (χ4n) is 3.00. The summed E-state index contributed by atoms with van der Waals surface area (Å²) in [6.45, 7) is 2.40. The Kier molecular flexibility index (Phi) is 6.37. The van der Waals surface area contributed by atoms with Crippen molar-refractivity contribution in [3.63, 3.8) is 0 Å². The summed E-state index contributed by atoms with van der Waals surface area (Å²) in [6.07, 6.45) is 1.58. The fourth-order valence-corrected chi connectivity index (χ4v) is 3.78. The Hall–Kier alpha value is -3.52. The van der Waals surface area contributed by atoms with Crippen LogP contribution in [0.5, 0.6) is 5.75 Å². The molecule has 0 unspecified atom stereocenters. The van der Waals surface area contributed by atoms with Gasteiger partial charge in [0.05, 0.1) is 25.7 Å². The first-order chi connectivity index (χ1) is 15.1. The number of rotatable bonds is 8. The molecule has 0 spiro atoms. The smallest absolute Gasteiger partial charge is 0.230 e. The first-order valence-electron chi connectivity index (χ1n) is 9.73. The third-order valence-corrected chi connectivity index (χ3v) is 5.57. The lowest BCUT2D eigenvalue weighted by molar-refractivity contribution is -0.118. The highest BCUT2D eigenvalue weighted by atomic mass is 32.2. The van der Waals surface area contributed by atoms with Gasteiger partial charge in [0.2, 0.25) is 5.91 Å². The molecule has 0 saturated heterocycles. The summed E-state index contributed by atoms with van der Waals surface area (Å²) in [5.74, 6) is 2.29. The Balaban J connectivity index is 1.57. The van der Waals surface area contributed by atoms with Crippen LogP contribution in [0.1, 0.15) is 11.3 Å². The van der Waals surface area contributed by atoms with Crippen LogP contribution in [-0.4, -0.2) is 33.5 Å². The Labute approximate surface area is 184 Å². The molecule has 0 aliphatic rings. The van der Waals surface area contributed by atoms with Crippen molar-refractivity contribution in [2.45, 2.75) is 18.6 Å². The highest BCUT2D eigenvalue weighted by molar-refractivity contribution is 7.99. The second-order valence-electron chi connectivity index (χ2n) is 6.85. The molecule has 0 aliphatic heterocycles. The van der Waals surface area contributed by atoms with E-state index in [0.717, 1.165) is 17.0 Å². The predicted molar refractivity (Wildman–Crippen MR) is 119 cm³/mol. The molecule has 4 aromatic rings. The number of benzene rings is 2. The summed E-state index contributed by atoms with van der Waals surface area (Å²) in [5.41, 5.74) is 3.00. The second kappa shape index (κ2) is 9.53. The van der Waals surface area contributed by atoms with Crippen LogP contribution in [0.4, 0.5) is 0 Å². The van der Waals surface area contributed by atoms with E-state index < -0.39 is 0 Å². The molecule has 0 saturated carbocycles. The van der Waals surface area contributed by atoms with E-state index >= 15 is 0 Å². The molecule has 0 atom stereocenters. The topological polar surface area (TPSA) is 82.2 Å². The van der Waals surface area contributed by atoms with Crippen LogP contribution in [0.3, 0.4) is 0 Å². The number of aromatic nitrogens is 3. The number of nitrogens with one attached hydrogen (secondary N) is 1. The highest BCUT2D eigenvalue weighted by Crippen LogP contribution is 2.29. The van der Waals surface area contributed by atoms with E-state index in [9.17, 15) is 4.79 Å². The van der Waals surface area contributed by atoms with Crippen molar-refractivity contribution >= 4 is 17.7 Å². The van der Waals surface area contributed by atoms with Gasteiger partial charge in [0.15, 0.2) is 11.0 Å². The van der Waals surface area contributed by atoms with Gasteiger partial charge in [-0.25, -0.2) is 0 Å². The summed E-state index contributed by atoms with van der Waals surface area (Å²) in [5, 5.41) is 12.3. The zero-order valence-corrected chi connectivity index (χ0v) is 18.1. The summed E-state index contributed by atoms with van der Waals surface area (Å²) in [4.78, 5) is 12.3. The Morgan fingerprint density at radius 2 is 1.87 bits per heavy atom. The van der Waals surface area contributed by atoms with Crippen LogP contribution in [-0.2, 0) is 11.3 Å². The molecular formula is C23H22N4O3S. The average molecular weight is 435 g/mol. The summed E-state index contributed by atoms with van der Waals surface area (Å²) in [6, 6.07) is 19.4. The standard InChI is InChI=1S/C23H22N4O3S/c1-16-5-7-17(8-6-16)22-25-26-23(27(22)18-9-11-19(29-2)12-10-18)31-15-21(28)24-14-20-4-3-13-30-20/h3-13H,14-15H2,1-2H3,(H,24,28). The monoisotopic (exact) mass is 434 g/mol. The first-order valence-corrected chi connectivity index (χ1v) is 10.7. The van der Waals surface area contributed by atoms with Gasteiger partial charge in [-0.2, -0.15) is 0 Å². The Morgan fingerprint density at radius 3 is 2.55 bits per heavy atom. The van der Waals surface area contributed by atoms with Crippen molar-refractivity contribution in [1.82, 2.24) is 20.1 Å². The Bertz CT molecular complexity index is 1140. The van der Waals surface area contributed by atoms with Gasteiger partial charge in [-0.1, -0.05) is 41.6 Å². The number of thioether (sulfide) groups is 1. The number of furan rings is 1. The predicted octanol–water partition coefficient (Wildman–Crippen LogP) is 4.25. The molecule has 0 aliphatic carbocycles. The van der Waals surface area contributed by atoms with Crippen LogP contribution in [0.25, 0.3) is 17.1 Å². The molecule has 0 bridgehead atoms. The SMILES string of the molecule is COc1ccc(-n2c(SCC(=O)NCc3ccco3)nnc2-c2ccc(C)cc2)cc1. The first kappa shape index (κ1) is 20.7. The summed E-state index contributed by atoms with van der Waals surface area (Å²) >= 11 is 1.33. The van der Waals surface area contributed by atoms with Crippen molar-refractivity contribution in [3.8, 4) is 22.8 Å². The minimum Gasteiger partial charge on any atom is -0.497 e. The molecule has 2 aromatic carbocycles. The Morgan fingerprint density at radius 1 is 1.10 bits per heavy atom. The maximum Gasteiger partial charge on any atom is 0.230 e. The number of carbonyl (C=O) groups is 1. The average Bonchev–Trinajstić information content (AvgIpc) is 3.47. The van der Waals surface area contributed by atoms with Gasteiger partial charge in [-0.05, 0) is 43.3 Å². The number of hydrogen-bond donors (Lipinski definition) is 1. The van der Waals surface area contributed by atoms with Crippen molar-refractivity contribution < 1.29 is 13.9 Å². The van der Waals surface area contributed by atoms with E-state index in [1.807, 2.05) is 66.1 Å². The van der Waals surface area contributed by atoms with E-state index in [1.165, 1.54) is 17.3 Å². The van der Waals surface area contributed by atoms with Gasteiger partial charge in [0.1, 0.15) is 11.5 Å². The van der Waals surface area contributed by atoms with Crippen LogP contribution in [0.2, 0.25) is 0 Å². The van der Waals surface area contributed by atoms with Gasteiger partial charge >= 0.3 is 0 Å². The number of amides is 1. The van der Waals surface area contributed by atoms with E-state index in [0.29, 0.717) is 23.3 Å². The van der Waals surface area contributed by atoms with Gasteiger partial charge in [-0.3, -0.25) is 9.36 Å². The molecule has 2 heterocycles. The van der Waals surface area contributed by atoms with Crippen molar-refractivity contribution in [2.24, 2.45) is 0 Å². The highest BCUT2D eigenvalue weighted by Gasteiger charge is 2.17. The molecule has 7 nitrogen and oxygen atoms in total. The molecule has 1 N–H and O–H groups in total. The third-order valence-electron chi connectivity index (χ3n) is 4.65. The number of methoxy groups -OCH3 is 1. The van der Waals surface area contributed by atoms with Crippen molar-refractivity contribution in [1.29, 1.82) is 0 Å². The van der Waals surface area contributed by atoms with Gasteiger partial charge in [-0.15, -0.1) is 10.2 Å². The van der Waals surface area contributed by atoms with Gasteiger partial charge in [0, 0.05) is 11.3 Å². The molecule has 0 radical (unpaired) electrons. The molecule has 0 fully saturated rings. The lowest BCUT2D eigenvalue weighted by atomic mass is 10.1. The number of aryl methyl sites for hydroxylation is 1. The minimum absolute atomic E-state index is 0.109. The lowest BCUT2D eigenvalue weighted by Gasteiger charge is -2.11. The van der Waals surface area contributed by atoms with E-state index in [2.05, 4.69) is 15.5 Å². The normalized spacial score (nSPS) is 10.8. The second-order valence-corrected chi connectivity index (χ2v) is 7.79. The quantitative estimate of drug-likeness (QED) is 0.418. The number of ether oxygens (including phenoxy) is 1. The molecule has 158 valence electrons. The zero-order chi connectivity index (χ0) is 21.6. The number of hydrogen-bond acceptors (Lipinski definition) is 6. The fraction of sp³-hybridized carbons (Fsp3) is 0.174. The van der Waals surface area contributed by atoms with E-state index in [4.69, 9.17) is 9.15 Å². The van der Waals surface area contributed by atoms with Gasteiger partial charge < -0.3 is 14.5 Å². The molecule has 1 amide bonds. The van der Waals surface area contributed by atoms with E-state index in [1.54, 1.807) is 19.4 Å². The number of carbonyl (C=O) groups excluding carboxylic acids is 1. The number of nitrogens with zero attached hydrogens (tertiary/aromatic N) is 3. The van der Waals surface area contributed by atoms with Crippen molar-refractivity contribution in [2.75, 3.05) is 12.9 Å². The van der Waals surface area contributed by atoms with E-state index in [-0.39, 0.29) is 11.7 Å². The molecular weight excluding hydrogens is 412 g/mol. The molecule has 8 heteroatoms. The van der Waals surface area contributed by atoms with Crippen LogP contribution >= 0.6 is 11.8 Å². The zero-order valence-electron chi connectivity index (χ0n) is 17.2. The van der Waals surface area contributed by atoms with Crippen LogP contribution in [0, 0.1) is 6.92 Å². The third kappa shape index (κ3) is 4.97. The van der Waals surface area contributed by atoms with Gasteiger partial charge in [0.25, 0.3) is 0 Å². The minimum atomic E-state index is -0.109. The summed E-state index contributed by atoms with van der Waals surface area (Å²) in [7, 11) is 1.63. The van der Waals surface area contributed by atoms with Crippen LogP contribution < -0.4 is 10.1 Å². The lowest BCUT2D eigenvalue weighted by Crippen LogP contribution is -2.24.